The van der Waals surface area contributed by atoms with E-state index in [0.717, 1.165) is 11.6 Å². The van der Waals surface area contributed by atoms with E-state index in [9.17, 15) is 9.18 Å². The second kappa shape index (κ2) is 9.38. The minimum atomic E-state index is -0.446. The number of hydrogen-bond acceptors (Lipinski definition) is 6. The van der Waals surface area contributed by atoms with Gasteiger partial charge in [-0.3, -0.25) is 4.79 Å². The Bertz CT molecular complexity index is 1280. The molecule has 4 rings (SSSR count). The number of allylic oxidation sites excluding steroid dienone is 1. The van der Waals surface area contributed by atoms with E-state index < -0.39 is 5.82 Å². The average Bonchev–Trinajstić information content (AvgIpc) is 2.84. The maximum atomic E-state index is 14.8. The van der Waals surface area contributed by atoms with Crippen molar-refractivity contribution in [2.45, 2.75) is 0 Å². The number of fused-ring (bicyclic) bond motifs is 1. The number of amides is 1. The molecule has 0 spiro atoms. The number of anilines is 1. The van der Waals surface area contributed by atoms with Gasteiger partial charge in [-0.2, -0.15) is 0 Å². The molecule has 1 amide bonds. The van der Waals surface area contributed by atoms with Crippen molar-refractivity contribution < 1.29 is 9.18 Å². The van der Waals surface area contributed by atoms with Crippen molar-refractivity contribution >= 4 is 46.0 Å². The van der Waals surface area contributed by atoms with Gasteiger partial charge in [0.25, 0.3) is 0 Å². The van der Waals surface area contributed by atoms with E-state index >= 15 is 0 Å². The number of rotatable bonds is 5. The maximum absolute atomic E-state index is 14.8. The van der Waals surface area contributed by atoms with E-state index in [0.29, 0.717) is 59.2 Å². The van der Waals surface area contributed by atoms with Crippen LogP contribution in [0.1, 0.15) is 5.56 Å². The quantitative estimate of drug-likeness (QED) is 0.441. The summed E-state index contributed by atoms with van der Waals surface area (Å²) in [6.07, 6.45) is 5.20. The van der Waals surface area contributed by atoms with Crippen LogP contribution in [0.5, 0.6) is 0 Å². The lowest BCUT2D eigenvalue weighted by Crippen LogP contribution is -2.48. The van der Waals surface area contributed by atoms with Gasteiger partial charge in [0.15, 0.2) is 0 Å². The second-order valence-corrected chi connectivity index (χ2v) is 7.93. The van der Waals surface area contributed by atoms with E-state index in [-0.39, 0.29) is 11.5 Å². The lowest BCUT2D eigenvalue weighted by molar-refractivity contribution is -0.126. The third kappa shape index (κ3) is 4.29. The Morgan fingerprint density at radius 1 is 1.15 bits per heavy atom. The molecule has 1 saturated heterocycles. The number of halogens is 2. The van der Waals surface area contributed by atoms with Crippen LogP contribution in [-0.2, 0) is 4.79 Å². The molecule has 1 aliphatic rings. The summed E-state index contributed by atoms with van der Waals surface area (Å²) in [7, 11) is 0. The summed E-state index contributed by atoms with van der Waals surface area (Å²) in [5.41, 5.74) is 8.05. The molecule has 3 N–H and O–H groups in total. The highest BCUT2D eigenvalue weighted by molar-refractivity contribution is 6.34. The fourth-order valence-corrected chi connectivity index (χ4v) is 4.19. The molecular weight excluding hydrogens is 443 g/mol. The van der Waals surface area contributed by atoms with Crippen LogP contribution in [0.3, 0.4) is 0 Å². The van der Waals surface area contributed by atoms with Gasteiger partial charge in [-0.05, 0) is 35.9 Å². The molecule has 1 aromatic heterocycles. The number of nitrogens with one attached hydrogen (secondary N) is 1. The van der Waals surface area contributed by atoms with Crippen LogP contribution in [0, 0.1) is 11.2 Å². The first-order chi connectivity index (χ1) is 16.0. The monoisotopic (exact) mass is 464 g/mol. The van der Waals surface area contributed by atoms with Gasteiger partial charge in [-0.1, -0.05) is 24.2 Å². The van der Waals surface area contributed by atoms with E-state index in [1.165, 1.54) is 24.7 Å². The summed E-state index contributed by atoms with van der Waals surface area (Å²) in [4.78, 5) is 24.5. The minimum Gasteiger partial charge on any atom is -0.404 e. The number of aromatic nitrogens is 2. The van der Waals surface area contributed by atoms with Crippen molar-refractivity contribution in [2.24, 2.45) is 5.73 Å². The maximum Gasteiger partial charge on any atom is 0.246 e. The highest BCUT2D eigenvalue weighted by atomic mass is 35.5. The summed E-state index contributed by atoms with van der Waals surface area (Å²) in [5, 5.41) is 8.60. The summed E-state index contributed by atoms with van der Waals surface area (Å²) >= 11 is 6.61. The van der Waals surface area contributed by atoms with Crippen LogP contribution in [0.4, 0.5) is 10.2 Å². The molecule has 1 aliphatic heterocycles. The number of carbonyl (C=O) groups is 1. The zero-order valence-electron chi connectivity index (χ0n) is 17.8. The first kappa shape index (κ1) is 22.4. The minimum absolute atomic E-state index is 0.0882. The molecule has 168 valence electrons. The molecule has 0 unspecified atom stereocenters. The lowest BCUT2D eigenvalue weighted by Gasteiger charge is -2.35. The fraction of sp³-hybridized carbons (Fsp3) is 0.167. The number of nitrogens with two attached hydrogens (primary N) is 1. The van der Waals surface area contributed by atoms with Gasteiger partial charge >= 0.3 is 0 Å². The van der Waals surface area contributed by atoms with Crippen LogP contribution < -0.4 is 10.6 Å². The van der Waals surface area contributed by atoms with Crippen molar-refractivity contribution in [1.29, 1.82) is 5.41 Å². The zero-order valence-corrected chi connectivity index (χ0v) is 18.5. The third-order valence-electron chi connectivity index (χ3n) is 5.69. The van der Waals surface area contributed by atoms with Crippen molar-refractivity contribution in [3.63, 3.8) is 0 Å². The number of hydrogen-bond donors (Lipinski definition) is 2. The Kier molecular flexibility index (Phi) is 6.37. The van der Waals surface area contributed by atoms with E-state index in [4.69, 9.17) is 22.7 Å². The van der Waals surface area contributed by atoms with Gasteiger partial charge < -0.3 is 20.9 Å². The summed E-state index contributed by atoms with van der Waals surface area (Å²) in [5.74, 6) is 0.180. The molecule has 2 aromatic carbocycles. The Morgan fingerprint density at radius 3 is 2.58 bits per heavy atom. The van der Waals surface area contributed by atoms with Crippen molar-refractivity contribution in [1.82, 2.24) is 14.9 Å². The number of benzene rings is 2. The van der Waals surface area contributed by atoms with Crippen molar-refractivity contribution in [3.05, 3.63) is 71.9 Å². The van der Waals surface area contributed by atoms with Crippen LogP contribution >= 0.6 is 11.6 Å². The van der Waals surface area contributed by atoms with Gasteiger partial charge in [-0.25, -0.2) is 14.4 Å². The summed E-state index contributed by atoms with van der Waals surface area (Å²) < 4.78 is 14.8. The first-order valence-electron chi connectivity index (χ1n) is 10.3. The molecule has 2 heterocycles. The highest BCUT2D eigenvalue weighted by Gasteiger charge is 2.23. The van der Waals surface area contributed by atoms with E-state index in [1.54, 1.807) is 29.2 Å². The van der Waals surface area contributed by atoms with Crippen molar-refractivity contribution in [2.75, 3.05) is 31.1 Å². The molecule has 9 heteroatoms. The highest BCUT2D eigenvalue weighted by Crippen LogP contribution is 2.36. The normalized spacial score (nSPS) is 14.4. The van der Waals surface area contributed by atoms with Gasteiger partial charge in [-0.15, -0.1) is 0 Å². The van der Waals surface area contributed by atoms with Crippen LogP contribution in [0.2, 0.25) is 5.02 Å². The second-order valence-electron chi connectivity index (χ2n) is 7.52. The Labute approximate surface area is 195 Å². The van der Waals surface area contributed by atoms with Crippen LogP contribution in [0.15, 0.2) is 55.5 Å². The van der Waals surface area contributed by atoms with Crippen molar-refractivity contribution in [3.8, 4) is 11.1 Å². The molecule has 3 aromatic rings. The fourth-order valence-electron chi connectivity index (χ4n) is 3.93. The Morgan fingerprint density at radius 2 is 1.91 bits per heavy atom. The van der Waals surface area contributed by atoms with E-state index in [1.807, 2.05) is 0 Å². The molecule has 0 radical (unpaired) electrons. The number of nitrogens with zero attached hydrogens (tertiary/aromatic N) is 4. The Hall–Kier alpha value is -3.78. The topological polar surface area (TPSA) is 99.2 Å². The SMILES string of the molecule is C=CC(=O)N1CCN(c2ncnc3cc(-c4cc(C(C=N)=CN)ccc4F)c(Cl)cc23)CC1. The molecule has 7 nitrogen and oxygen atoms in total. The van der Waals surface area contributed by atoms with Gasteiger partial charge in [0.1, 0.15) is 18.0 Å². The number of piperazine rings is 1. The number of carbonyl (C=O) groups excluding carboxylic acids is 1. The smallest absolute Gasteiger partial charge is 0.246 e. The molecule has 0 bridgehead atoms. The van der Waals surface area contributed by atoms with Gasteiger partial charge in [0, 0.05) is 65.7 Å². The molecule has 1 fully saturated rings. The Balaban J connectivity index is 1.73. The van der Waals surface area contributed by atoms with Gasteiger partial charge in [0.2, 0.25) is 5.91 Å². The summed E-state index contributed by atoms with van der Waals surface area (Å²) in [6.45, 7) is 5.88. The largest absolute Gasteiger partial charge is 0.404 e. The molecule has 0 aliphatic carbocycles. The average molecular weight is 465 g/mol. The van der Waals surface area contributed by atoms with Crippen LogP contribution in [-0.4, -0.2) is 53.2 Å². The molecular formula is C24H22ClFN6O. The predicted octanol–water partition coefficient (Wildman–Crippen LogP) is 3.87. The van der Waals surface area contributed by atoms with E-state index in [2.05, 4.69) is 21.4 Å². The molecule has 0 saturated carbocycles. The standard InChI is InChI=1S/C24H22ClFN6O/c1-2-23(33)31-5-7-32(8-6-31)24-19-10-20(25)17(11-22(19)29-14-30-24)18-9-15(3-4-21(18)26)16(12-27)13-28/h2-4,9-14,27H,1,5-8,28H2. The first-order valence-corrected chi connectivity index (χ1v) is 10.7. The lowest BCUT2D eigenvalue weighted by atomic mass is 9.98. The molecule has 0 atom stereocenters. The molecule has 33 heavy (non-hydrogen) atoms. The summed E-state index contributed by atoms with van der Waals surface area (Å²) in [6, 6.07) is 7.98. The third-order valence-corrected chi connectivity index (χ3v) is 6.01. The zero-order chi connectivity index (χ0) is 23.5. The van der Waals surface area contributed by atoms with Gasteiger partial charge in [0.05, 0.1) is 5.52 Å². The predicted molar refractivity (Wildman–Crippen MR) is 130 cm³/mol. The van der Waals surface area contributed by atoms with Crippen LogP contribution in [0.25, 0.3) is 27.6 Å².